The van der Waals surface area contributed by atoms with E-state index in [0.717, 1.165) is 13.1 Å². The van der Waals surface area contributed by atoms with E-state index in [-0.39, 0.29) is 0 Å². The Hall–Kier alpha value is -1.64. The van der Waals surface area contributed by atoms with Crippen molar-refractivity contribution in [3.8, 4) is 0 Å². The average Bonchev–Trinajstić information content (AvgIpc) is 2.75. The summed E-state index contributed by atoms with van der Waals surface area (Å²) in [6, 6.07) is 22.2. The molecule has 0 aromatic heterocycles. The Kier molecular flexibility index (Phi) is 4.69. The first kappa shape index (κ1) is 14.3. The zero-order valence-corrected chi connectivity index (χ0v) is 12.8. The predicted octanol–water partition coefficient (Wildman–Crippen LogP) is 3.41. The van der Waals surface area contributed by atoms with Crippen molar-refractivity contribution in [3.05, 3.63) is 71.8 Å². The van der Waals surface area contributed by atoms with E-state index in [0.29, 0.717) is 6.04 Å². The molecule has 2 heteroatoms. The highest BCUT2D eigenvalue weighted by Crippen LogP contribution is 2.29. The molecule has 21 heavy (non-hydrogen) atoms. The monoisotopic (exact) mass is 280 g/mol. The molecule has 0 amide bonds. The Balaban J connectivity index is 1.92. The van der Waals surface area contributed by atoms with Crippen molar-refractivity contribution in [2.45, 2.75) is 12.5 Å². The van der Waals surface area contributed by atoms with Crippen molar-refractivity contribution in [3.63, 3.8) is 0 Å². The lowest BCUT2D eigenvalue weighted by Crippen LogP contribution is -2.33. The number of hydrogen-bond acceptors (Lipinski definition) is 2. The second kappa shape index (κ2) is 6.88. The van der Waals surface area contributed by atoms with Gasteiger partial charge in [0.05, 0.1) is 6.04 Å². The second-order valence-corrected chi connectivity index (χ2v) is 5.92. The van der Waals surface area contributed by atoms with Crippen LogP contribution in [-0.2, 0) is 0 Å². The summed E-state index contributed by atoms with van der Waals surface area (Å²) >= 11 is 0. The fourth-order valence-corrected chi connectivity index (χ4v) is 3.21. The molecule has 1 heterocycles. The standard InChI is InChI=1S/C19H24N2/c1-20-13-8-14-21(16-15-20)19(17-9-4-2-5-10-17)18-11-6-3-7-12-18/h2-7,9-12,19H,8,13-16H2,1H3. The van der Waals surface area contributed by atoms with Crippen LogP contribution in [0.25, 0.3) is 0 Å². The molecule has 0 saturated carbocycles. The Labute approximate surface area is 128 Å². The first-order valence-corrected chi connectivity index (χ1v) is 7.87. The van der Waals surface area contributed by atoms with Crippen LogP contribution >= 0.6 is 0 Å². The summed E-state index contributed by atoms with van der Waals surface area (Å²) in [5.74, 6) is 0. The molecule has 0 aliphatic carbocycles. The van der Waals surface area contributed by atoms with Gasteiger partial charge in [0.25, 0.3) is 0 Å². The maximum absolute atomic E-state index is 2.63. The molecule has 0 bridgehead atoms. The van der Waals surface area contributed by atoms with Crippen molar-refractivity contribution in [1.82, 2.24) is 9.80 Å². The minimum absolute atomic E-state index is 0.374. The highest BCUT2D eigenvalue weighted by Gasteiger charge is 2.23. The van der Waals surface area contributed by atoms with Crippen LogP contribution in [0, 0.1) is 0 Å². The van der Waals surface area contributed by atoms with Crippen LogP contribution in [0.4, 0.5) is 0 Å². The van der Waals surface area contributed by atoms with Crippen molar-refractivity contribution in [2.75, 3.05) is 33.2 Å². The minimum atomic E-state index is 0.374. The van der Waals surface area contributed by atoms with Gasteiger partial charge in [0.1, 0.15) is 0 Å². The predicted molar refractivity (Wildman–Crippen MR) is 88.4 cm³/mol. The summed E-state index contributed by atoms with van der Waals surface area (Å²) in [6.45, 7) is 4.65. The smallest absolute Gasteiger partial charge is 0.0602 e. The minimum Gasteiger partial charge on any atom is -0.305 e. The first-order valence-electron chi connectivity index (χ1n) is 7.87. The van der Waals surface area contributed by atoms with Gasteiger partial charge < -0.3 is 4.90 Å². The van der Waals surface area contributed by atoms with Gasteiger partial charge in [0.2, 0.25) is 0 Å². The van der Waals surface area contributed by atoms with E-state index in [1.165, 1.54) is 30.6 Å². The topological polar surface area (TPSA) is 6.48 Å². The number of hydrogen-bond donors (Lipinski definition) is 0. The molecule has 110 valence electrons. The molecule has 0 unspecified atom stereocenters. The van der Waals surface area contributed by atoms with E-state index < -0.39 is 0 Å². The highest BCUT2D eigenvalue weighted by molar-refractivity contribution is 5.31. The summed E-state index contributed by atoms with van der Waals surface area (Å²) in [5.41, 5.74) is 2.79. The Morgan fingerprint density at radius 1 is 0.714 bits per heavy atom. The lowest BCUT2D eigenvalue weighted by atomic mass is 9.97. The summed E-state index contributed by atoms with van der Waals surface area (Å²) in [5, 5.41) is 0. The first-order chi connectivity index (χ1) is 10.3. The lowest BCUT2D eigenvalue weighted by molar-refractivity contribution is 0.231. The van der Waals surface area contributed by atoms with Gasteiger partial charge in [-0.05, 0) is 31.1 Å². The third-order valence-corrected chi connectivity index (χ3v) is 4.35. The quantitative estimate of drug-likeness (QED) is 0.850. The van der Waals surface area contributed by atoms with Crippen LogP contribution in [0.1, 0.15) is 23.6 Å². The summed E-state index contributed by atoms with van der Waals surface area (Å²) in [7, 11) is 2.23. The van der Waals surface area contributed by atoms with E-state index in [1.54, 1.807) is 0 Å². The van der Waals surface area contributed by atoms with E-state index >= 15 is 0 Å². The zero-order chi connectivity index (χ0) is 14.5. The van der Waals surface area contributed by atoms with Gasteiger partial charge in [-0.1, -0.05) is 60.7 Å². The average molecular weight is 280 g/mol. The van der Waals surface area contributed by atoms with Gasteiger partial charge in [-0.3, -0.25) is 4.90 Å². The summed E-state index contributed by atoms with van der Waals surface area (Å²) in [4.78, 5) is 5.07. The molecule has 2 aromatic rings. The fraction of sp³-hybridized carbons (Fsp3) is 0.368. The molecule has 0 radical (unpaired) electrons. The van der Waals surface area contributed by atoms with Crippen LogP contribution < -0.4 is 0 Å². The Bertz CT molecular complexity index is 499. The van der Waals surface area contributed by atoms with Crippen LogP contribution in [0.5, 0.6) is 0 Å². The van der Waals surface area contributed by atoms with E-state index in [9.17, 15) is 0 Å². The normalized spacial score (nSPS) is 17.8. The molecule has 1 aliphatic heterocycles. The maximum Gasteiger partial charge on any atom is 0.0602 e. The highest BCUT2D eigenvalue weighted by atomic mass is 15.2. The molecule has 1 aliphatic rings. The SMILES string of the molecule is CN1CCCN(C(c2ccccc2)c2ccccc2)CC1. The van der Waals surface area contributed by atoms with Crippen molar-refractivity contribution in [1.29, 1.82) is 0 Å². The van der Waals surface area contributed by atoms with Gasteiger partial charge in [-0.25, -0.2) is 0 Å². The zero-order valence-electron chi connectivity index (χ0n) is 12.8. The number of rotatable bonds is 3. The number of benzene rings is 2. The number of nitrogens with zero attached hydrogens (tertiary/aromatic N) is 2. The Morgan fingerprint density at radius 3 is 1.86 bits per heavy atom. The summed E-state index contributed by atoms with van der Waals surface area (Å²) in [6.07, 6.45) is 1.24. The second-order valence-electron chi connectivity index (χ2n) is 5.92. The van der Waals surface area contributed by atoms with E-state index in [1.807, 2.05) is 0 Å². The molecule has 0 N–H and O–H groups in total. The molecule has 1 fully saturated rings. The third kappa shape index (κ3) is 3.52. The largest absolute Gasteiger partial charge is 0.305 e. The van der Waals surface area contributed by atoms with Gasteiger partial charge in [-0.2, -0.15) is 0 Å². The fourth-order valence-electron chi connectivity index (χ4n) is 3.21. The van der Waals surface area contributed by atoms with Crippen LogP contribution in [0.3, 0.4) is 0 Å². The number of likely N-dealkylation sites (N-methyl/N-ethyl adjacent to an activating group) is 1. The van der Waals surface area contributed by atoms with Crippen LogP contribution in [-0.4, -0.2) is 43.0 Å². The van der Waals surface area contributed by atoms with Gasteiger partial charge in [-0.15, -0.1) is 0 Å². The van der Waals surface area contributed by atoms with E-state index in [4.69, 9.17) is 0 Å². The maximum atomic E-state index is 2.63. The van der Waals surface area contributed by atoms with Gasteiger partial charge in [0, 0.05) is 19.6 Å². The molecule has 1 saturated heterocycles. The lowest BCUT2D eigenvalue weighted by Gasteiger charge is -2.31. The van der Waals surface area contributed by atoms with Crippen LogP contribution in [0.2, 0.25) is 0 Å². The third-order valence-electron chi connectivity index (χ3n) is 4.35. The van der Waals surface area contributed by atoms with Gasteiger partial charge >= 0.3 is 0 Å². The van der Waals surface area contributed by atoms with Crippen molar-refractivity contribution < 1.29 is 0 Å². The van der Waals surface area contributed by atoms with Crippen LogP contribution in [0.15, 0.2) is 60.7 Å². The molecule has 0 spiro atoms. The summed E-state index contributed by atoms with van der Waals surface area (Å²) < 4.78 is 0. The molecule has 3 rings (SSSR count). The van der Waals surface area contributed by atoms with E-state index in [2.05, 4.69) is 77.5 Å². The molecule has 0 atom stereocenters. The Morgan fingerprint density at radius 2 is 1.29 bits per heavy atom. The molecule has 2 nitrogen and oxygen atoms in total. The molecular weight excluding hydrogens is 256 g/mol. The van der Waals surface area contributed by atoms with Crippen molar-refractivity contribution in [2.24, 2.45) is 0 Å². The molecular formula is C19H24N2. The van der Waals surface area contributed by atoms with Crippen molar-refractivity contribution >= 4 is 0 Å². The van der Waals surface area contributed by atoms with Gasteiger partial charge in [0.15, 0.2) is 0 Å². The molecule has 2 aromatic carbocycles.